The van der Waals surface area contributed by atoms with Crippen LogP contribution in [-0.2, 0) is 6.54 Å². The van der Waals surface area contributed by atoms with Crippen LogP contribution in [0.3, 0.4) is 0 Å². The maximum Gasteiger partial charge on any atom is 0.213 e. The van der Waals surface area contributed by atoms with Gasteiger partial charge in [-0.1, -0.05) is 6.08 Å². The first-order chi connectivity index (χ1) is 6.86. The molecule has 0 radical (unpaired) electrons. The number of aromatic nitrogens is 1. The van der Waals surface area contributed by atoms with Gasteiger partial charge in [0.2, 0.25) is 5.88 Å². The van der Waals surface area contributed by atoms with Crippen LogP contribution in [0.25, 0.3) is 0 Å². The lowest BCUT2D eigenvalue weighted by molar-refractivity contribution is 0.300. The second-order valence-electron chi connectivity index (χ2n) is 2.99. The Morgan fingerprint density at radius 2 is 2.43 bits per heavy atom. The van der Waals surface area contributed by atoms with E-state index < -0.39 is 0 Å². The molecule has 0 saturated carbocycles. The van der Waals surface area contributed by atoms with Crippen molar-refractivity contribution in [2.45, 2.75) is 19.4 Å². The van der Waals surface area contributed by atoms with Gasteiger partial charge < -0.3 is 10.5 Å². The molecule has 3 heteroatoms. The van der Waals surface area contributed by atoms with Gasteiger partial charge in [0.1, 0.15) is 0 Å². The van der Waals surface area contributed by atoms with Crippen molar-refractivity contribution >= 4 is 0 Å². The molecule has 3 nitrogen and oxygen atoms in total. The molecule has 1 aromatic rings. The Hall–Kier alpha value is -1.35. The predicted molar refractivity (Wildman–Crippen MR) is 57.1 cm³/mol. The molecular formula is C11H16N2O. The molecule has 0 aliphatic rings. The van der Waals surface area contributed by atoms with Crippen LogP contribution in [-0.4, -0.2) is 11.6 Å². The van der Waals surface area contributed by atoms with Crippen LogP contribution in [0.2, 0.25) is 0 Å². The molecule has 0 amide bonds. The lowest BCUT2D eigenvalue weighted by atomic mass is 10.3. The standard InChI is InChI=1S/C11H16N2O/c1-2-3-4-7-14-11-8-10(9-12)5-6-13-11/h2,5-6,8H,1,3-4,7,9,12H2. The van der Waals surface area contributed by atoms with E-state index in [-0.39, 0.29) is 0 Å². The third-order valence-electron chi connectivity index (χ3n) is 1.84. The number of ether oxygens (including phenoxy) is 1. The zero-order valence-electron chi connectivity index (χ0n) is 8.28. The van der Waals surface area contributed by atoms with E-state index in [0.29, 0.717) is 19.0 Å². The second kappa shape index (κ2) is 6.16. The fraction of sp³-hybridized carbons (Fsp3) is 0.364. The largest absolute Gasteiger partial charge is 0.478 e. The highest BCUT2D eigenvalue weighted by Gasteiger charge is 1.96. The average molecular weight is 192 g/mol. The van der Waals surface area contributed by atoms with E-state index in [2.05, 4.69) is 11.6 Å². The van der Waals surface area contributed by atoms with Crippen LogP contribution < -0.4 is 10.5 Å². The molecule has 0 unspecified atom stereocenters. The number of hydrogen-bond acceptors (Lipinski definition) is 3. The van der Waals surface area contributed by atoms with Crippen LogP contribution in [0, 0.1) is 0 Å². The van der Waals surface area contributed by atoms with Gasteiger partial charge in [-0.2, -0.15) is 0 Å². The third-order valence-corrected chi connectivity index (χ3v) is 1.84. The monoisotopic (exact) mass is 192 g/mol. The smallest absolute Gasteiger partial charge is 0.213 e. The SMILES string of the molecule is C=CCCCOc1cc(CN)ccn1. The fourth-order valence-electron chi connectivity index (χ4n) is 1.06. The average Bonchev–Trinajstić information content (AvgIpc) is 2.25. The lowest BCUT2D eigenvalue weighted by Crippen LogP contribution is -2.01. The van der Waals surface area contributed by atoms with Crippen molar-refractivity contribution in [2.75, 3.05) is 6.61 Å². The normalized spacial score (nSPS) is 9.79. The first kappa shape index (κ1) is 10.7. The molecule has 0 aliphatic carbocycles. The lowest BCUT2D eigenvalue weighted by Gasteiger charge is -2.04. The maximum atomic E-state index is 5.50. The van der Waals surface area contributed by atoms with E-state index in [1.807, 2.05) is 18.2 Å². The summed E-state index contributed by atoms with van der Waals surface area (Å²) in [4.78, 5) is 4.08. The minimum absolute atomic E-state index is 0.519. The number of rotatable bonds is 6. The van der Waals surface area contributed by atoms with Gasteiger partial charge >= 0.3 is 0 Å². The van der Waals surface area contributed by atoms with Crippen LogP contribution >= 0.6 is 0 Å². The summed E-state index contributed by atoms with van der Waals surface area (Å²) in [5.74, 6) is 0.650. The van der Waals surface area contributed by atoms with Crippen molar-refractivity contribution < 1.29 is 4.74 Å². The highest BCUT2D eigenvalue weighted by atomic mass is 16.5. The fourth-order valence-corrected chi connectivity index (χ4v) is 1.06. The van der Waals surface area contributed by atoms with Crippen molar-refractivity contribution in [3.63, 3.8) is 0 Å². The van der Waals surface area contributed by atoms with Gasteiger partial charge in [0.15, 0.2) is 0 Å². The van der Waals surface area contributed by atoms with Gasteiger partial charge in [-0.3, -0.25) is 0 Å². The van der Waals surface area contributed by atoms with Crippen LogP contribution in [0.15, 0.2) is 31.0 Å². The van der Waals surface area contributed by atoms with Gasteiger partial charge in [-0.15, -0.1) is 6.58 Å². The Kier molecular flexibility index (Phi) is 4.72. The Labute approximate surface area is 84.6 Å². The summed E-state index contributed by atoms with van der Waals surface area (Å²) >= 11 is 0. The molecule has 0 atom stereocenters. The van der Waals surface area contributed by atoms with E-state index in [1.165, 1.54) is 0 Å². The summed E-state index contributed by atoms with van der Waals surface area (Å²) in [5.41, 5.74) is 6.54. The highest BCUT2D eigenvalue weighted by Crippen LogP contribution is 2.09. The number of nitrogens with zero attached hydrogens (tertiary/aromatic N) is 1. The zero-order chi connectivity index (χ0) is 10.2. The Bertz CT molecular complexity index is 286. The Morgan fingerprint density at radius 3 is 3.14 bits per heavy atom. The number of pyridine rings is 1. The molecule has 0 aromatic carbocycles. The molecule has 2 N–H and O–H groups in total. The zero-order valence-corrected chi connectivity index (χ0v) is 8.28. The molecule has 1 rings (SSSR count). The molecule has 76 valence electrons. The molecule has 1 heterocycles. The molecule has 1 aromatic heterocycles. The van der Waals surface area contributed by atoms with Gasteiger partial charge in [0, 0.05) is 18.8 Å². The molecule has 0 spiro atoms. The first-order valence-electron chi connectivity index (χ1n) is 4.75. The number of hydrogen-bond donors (Lipinski definition) is 1. The van der Waals surface area contributed by atoms with Crippen molar-refractivity contribution in [3.8, 4) is 5.88 Å². The summed E-state index contributed by atoms with van der Waals surface area (Å²) in [6.07, 6.45) is 5.53. The molecule has 14 heavy (non-hydrogen) atoms. The van der Waals surface area contributed by atoms with Crippen molar-refractivity contribution in [3.05, 3.63) is 36.5 Å². The van der Waals surface area contributed by atoms with E-state index >= 15 is 0 Å². The predicted octanol–water partition coefficient (Wildman–Crippen LogP) is 1.89. The summed E-state index contributed by atoms with van der Waals surface area (Å²) in [6.45, 7) is 4.84. The van der Waals surface area contributed by atoms with E-state index in [1.54, 1.807) is 6.20 Å². The van der Waals surface area contributed by atoms with E-state index in [9.17, 15) is 0 Å². The summed E-state index contributed by atoms with van der Waals surface area (Å²) in [6, 6.07) is 3.75. The van der Waals surface area contributed by atoms with Crippen LogP contribution in [0.1, 0.15) is 18.4 Å². The summed E-state index contributed by atoms with van der Waals surface area (Å²) in [5, 5.41) is 0. The summed E-state index contributed by atoms with van der Waals surface area (Å²) < 4.78 is 5.44. The van der Waals surface area contributed by atoms with Gasteiger partial charge in [-0.05, 0) is 24.5 Å². The van der Waals surface area contributed by atoms with E-state index in [4.69, 9.17) is 10.5 Å². The highest BCUT2D eigenvalue weighted by molar-refractivity contribution is 5.19. The Balaban J connectivity index is 2.38. The van der Waals surface area contributed by atoms with E-state index in [0.717, 1.165) is 18.4 Å². The van der Waals surface area contributed by atoms with Gasteiger partial charge in [0.25, 0.3) is 0 Å². The third kappa shape index (κ3) is 3.58. The van der Waals surface area contributed by atoms with Crippen molar-refractivity contribution in [1.29, 1.82) is 0 Å². The first-order valence-corrected chi connectivity index (χ1v) is 4.75. The van der Waals surface area contributed by atoms with Gasteiger partial charge in [0.05, 0.1) is 6.61 Å². The van der Waals surface area contributed by atoms with Crippen molar-refractivity contribution in [2.24, 2.45) is 5.73 Å². The van der Waals surface area contributed by atoms with Crippen molar-refractivity contribution in [1.82, 2.24) is 4.98 Å². The summed E-state index contributed by atoms with van der Waals surface area (Å²) in [7, 11) is 0. The van der Waals surface area contributed by atoms with Gasteiger partial charge in [-0.25, -0.2) is 4.98 Å². The molecule has 0 fully saturated rings. The number of nitrogens with two attached hydrogens (primary N) is 1. The minimum atomic E-state index is 0.519. The number of unbranched alkanes of at least 4 members (excludes halogenated alkanes) is 1. The molecular weight excluding hydrogens is 176 g/mol. The quantitative estimate of drug-likeness (QED) is 0.553. The molecule has 0 saturated heterocycles. The van der Waals surface area contributed by atoms with Crippen LogP contribution in [0.4, 0.5) is 0 Å². The maximum absolute atomic E-state index is 5.50. The topological polar surface area (TPSA) is 48.1 Å². The molecule has 0 aliphatic heterocycles. The Morgan fingerprint density at radius 1 is 1.57 bits per heavy atom. The second-order valence-corrected chi connectivity index (χ2v) is 2.99. The molecule has 0 bridgehead atoms. The minimum Gasteiger partial charge on any atom is -0.478 e. The van der Waals surface area contributed by atoms with Crippen LogP contribution in [0.5, 0.6) is 5.88 Å². The number of allylic oxidation sites excluding steroid dienone is 1.